The number of benzene rings is 3. The molecule has 1 aliphatic heterocycles. The second kappa shape index (κ2) is 12.4. The summed E-state index contributed by atoms with van der Waals surface area (Å²) in [6.45, 7) is 7.63. The first-order chi connectivity index (χ1) is 19.3. The Hall–Kier alpha value is -3.36. The van der Waals surface area contributed by atoms with Gasteiger partial charge < -0.3 is 15.3 Å². The summed E-state index contributed by atoms with van der Waals surface area (Å²) in [4.78, 5) is 22.4. The lowest BCUT2D eigenvalue weighted by atomic mass is 10.2. The summed E-state index contributed by atoms with van der Waals surface area (Å²) in [7, 11) is 0. The number of β-amino-alcohol motifs (C(OH)–C–C–N with tert-alkyl or cyclic N) is 1. The maximum Gasteiger partial charge on any atom is 0.271 e. The topological polar surface area (TPSA) is 73.6 Å². The number of nitrogens with one attached hydrogen (secondary N) is 1. The van der Waals surface area contributed by atoms with Gasteiger partial charge in [-0.2, -0.15) is 0 Å². The lowest BCUT2D eigenvalue weighted by molar-refractivity contribution is 0.0847. The number of anilines is 1. The summed E-state index contributed by atoms with van der Waals surface area (Å²) >= 11 is 12.6. The van der Waals surface area contributed by atoms with E-state index in [1.54, 1.807) is 6.07 Å². The Labute approximate surface area is 245 Å². The number of rotatable bonds is 8. The fourth-order valence-corrected chi connectivity index (χ4v) is 5.49. The van der Waals surface area contributed by atoms with Crippen LogP contribution in [0, 0.1) is 13.8 Å². The molecule has 0 aliphatic carbocycles. The molecule has 40 heavy (non-hydrogen) atoms. The van der Waals surface area contributed by atoms with Gasteiger partial charge in [-0.3, -0.25) is 14.3 Å². The average molecular weight is 579 g/mol. The molecule has 1 saturated heterocycles. The Bertz CT molecular complexity index is 1470. The molecule has 1 aliphatic rings. The van der Waals surface area contributed by atoms with Crippen molar-refractivity contribution in [1.29, 1.82) is 0 Å². The van der Waals surface area contributed by atoms with Crippen LogP contribution in [0.15, 0.2) is 72.8 Å². The van der Waals surface area contributed by atoms with Crippen LogP contribution < -0.4 is 10.2 Å². The van der Waals surface area contributed by atoms with Crippen LogP contribution in [0.5, 0.6) is 0 Å². The number of hydrogen-bond acceptors (Lipinski definition) is 5. The van der Waals surface area contributed by atoms with Crippen LogP contribution in [0.1, 0.15) is 21.7 Å². The predicted octanol–water partition coefficient (Wildman–Crippen LogP) is 5.38. The summed E-state index contributed by atoms with van der Waals surface area (Å²) in [6.07, 6.45) is -0.710. The van der Waals surface area contributed by atoms with E-state index in [-0.39, 0.29) is 12.5 Å². The van der Waals surface area contributed by atoms with Gasteiger partial charge in [0.05, 0.1) is 27.5 Å². The molecule has 2 N–H and O–H groups in total. The second-order valence-corrected chi connectivity index (χ2v) is 10.9. The molecule has 1 atom stereocenters. The van der Waals surface area contributed by atoms with Gasteiger partial charge in [0.1, 0.15) is 11.5 Å². The van der Waals surface area contributed by atoms with Crippen molar-refractivity contribution < 1.29 is 9.90 Å². The fraction of sp³-hybridized carbons (Fsp3) is 0.290. The molecule has 3 aromatic carbocycles. The van der Waals surface area contributed by atoms with Gasteiger partial charge in [0.15, 0.2) is 0 Å². The first-order valence-corrected chi connectivity index (χ1v) is 14.2. The van der Waals surface area contributed by atoms with Gasteiger partial charge in [-0.15, -0.1) is 0 Å². The molecule has 1 unspecified atom stereocenters. The summed E-state index contributed by atoms with van der Waals surface area (Å²) in [6, 6.07) is 23.6. The first kappa shape index (κ1) is 28.2. The number of hydrogen-bond donors (Lipinski definition) is 2. The molecule has 1 amide bonds. The minimum Gasteiger partial charge on any atom is -0.390 e. The molecule has 0 bridgehead atoms. The monoisotopic (exact) mass is 577 g/mol. The number of halogens is 2. The van der Waals surface area contributed by atoms with E-state index in [0.29, 0.717) is 28.1 Å². The van der Waals surface area contributed by atoms with E-state index in [1.807, 2.05) is 85.1 Å². The molecule has 1 aromatic heterocycles. The quantitative estimate of drug-likeness (QED) is 0.294. The molecule has 0 spiro atoms. The van der Waals surface area contributed by atoms with Crippen LogP contribution in [0.25, 0.3) is 17.1 Å². The highest BCUT2D eigenvalue weighted by Gasteiger charge is 2.24. The predicted molar refractivity (Wildman–Crippen MR) is 162 cm³/mol. The highest BCUT2D eigenvalue weighted by molar-refractivity contribution is 6.43. The van der Waals surface area contributed by atoms with Crippen LogP contribution in [-0.4, -0.2) is 70.8 Å². The van der Waals surface area contributed by atoms with Gasteiger partial charge in [-0.1, -0.05) is 77.3 Å². The summed E-state index contributed by atoms with van der Waals surface area (Å²) in [5.41, 5.74) is 5.03. The average Bonchev–Trinajstić information content (AvgIpc) is 3.31. The molecule has 9 heteroatoms. The minimum absolute atomic E-state index is 0.136. The van der Waals surface area contributed by atoms with Crippen LogP contribution in [0.3, 0.4) is 0 Å². The van der Waals surface area contributed by atoms with Crippen LogP contribution in [-0.2, 0) is 0 Å². The van der Waals surface area contributed by atoms with Crippen LogP contribution >= 0.6 is 23.2 Å². The zero-order valence-corrected chi connectivity index (χ0v) is 24.2. The molecule has 4 aromatic rings. The number of carbonyl (C=O) groups is 1. The Kier molecular flexibility index (Phi) is 8.76. The molecule has 7 nitrogen and oxygen atoms in total. The lowest BCUT2D eigenvalue weighted by Gasteiger charge is -2.37. The van der Waals surface area contributed by atoms with E-state index in [4.69, 9.17) is 28.2 Å². The number of aromatic nitrogens is 2. The SMILES string of the molecule is Cc1ccc(-n2c(-c3ccccc3)nc(C(=O)NCC(O)CN3CCN(c4cccc(Cl)c4Cl)CC3)c2C)cc1. The summed E-state index contributed by atoms with van der Waals surface area (Å²) in [5.74, 6) is 0.394. The van der Waals surface area contributed by atoms with Crippen molar-refractivity contribution in [3.63, 3.8) is 0 Å². The number of carbonyl (C=O) groups excluding carboxylic acids is 1. The second-order valence-electron chi connectivity index (χ2n) is 10.1. The first-order valence-electron chi connectivity index (χ1n) is 13.4. The highest BCUT2D eigenvalue weighted by atomic mass is 35.5. The zero-order chi connectivity index (χ0) is 28.2. The minimum atomic E-state index is -0.710. The Balaban J connectivity index is 1.22. The van der Waals surface area contributed by atoms with Crippen LogP contribution in [0.4, 0.5) is 5.69 Å². The van der Waals surface area contributed by atoms with E-state index in [2.05, 4.69) is 15.1 Å². The van der Waals surface area contributed by atoms with Gasteiger partial charge in [-0.25, -0.2) is 4.98 Å². The third-order valence-corrected chi connectivity index (χ3v) is 8.07. The van der Waals surface area contributed by atoms with Crippen molar-refractivity contribution in [2.24, 2.45) is 0 Å². The molecule has 0 radical (unpaired) electrons. The number of imidazole rings is 1. The molecular weight excluding hydrogens is 545 g/mol. The van der Waals surface area contributed by atoms with Crippen molar-refractivity contribution in [2.75, 3.05) is 44.2 Å². The van der Waals surface area contributed by atoms with E-state index in [0.717, 1.165) is 54.4 Å². The zero-order valence-electron chi connectivity index (χ0n) is 22.6. The summed E-state index contributed by atoms with van der Waals surface area (Å²) < 4.78 is 2.01. The van der Waals surface area contributed by atoms with Gasteiger partial charge in [-0.05, 0) is 38.1 Å². The number of aliphatic hydroxyl groups is 1. The van der Waals surface area contributed by atoms with Gasteiger partial charge in [0.25, 0.3) is 5.91 Å². The highest BCUT2D eigenvalue weighted by Crippen LogP contribution is 2.33. The largest absolute Gasteiger partial charge is 0.390 e. The van der Waals surface area contributed by atoms with Gasteiger partial charge in [0, 0.05) is 50.5 Å². The third-order valence-electron chi connectivity index (χ3n) is 7.26. The fourth-order valence-electron chi connectivity index (χ4n) is 5.07. The van der Waals surface area contributed by atoms with Crippen molar-refractivity contribution in [3.05, 3.63) is 99.8 Å². The number of aryl methyl sites for hydroxylation is 1. The van der Waals surface area contributed by atoms with Crippen LogP contribution in [0.2, 0.25) is 10.0 Å². The molecular formula is C31H33Cl2N5O2. The van der Waals surface area contributed by atoms with Gasteiger partial charge in [0.2, 0.25) is 0 Å². The van der Waals surface area contributed by atoms with Crippen molar-refractivity contribution in [3.8, 4) is 17.1 Å². The number of aliphatic hydroxyl groups excluding tert-OH is 1. The lowest BCUT2D eigenvalue weighted by Crippen LogP contribution is -2.50. The van der Waals surface area contributed by atoms with Gasteiger partial charge >= 0.3 is 0 Å². The van der Waals surface area contributed by atoms with E-state index in [1.165, 1.54) is 0 Å². The molecule has 2 heterocycles. The molecule has 0 saturated carbocycles. The standard InChI is InChI=1S/C31H33Cl2N5O2/c1-21-11-13-24(14-12-21)38-22(2)29(35-30(38)23-7-4-3-5-8-23)31(40)34-19-25(39)20-36-15-17-37(18-16-36)27-10-6-9-26(32)28(27)33/h3-14,25,39H,15-20H2,1-2H3,(H,34,40). The van der Waals surface area contributed by atoms with Crippen molar-refractivity contribution in [1.82, 2.24) is 19.8 Å². The normalized spacial score (nSPS) is 14.8. The third kappa shape index (κ3) is 6.18. The van der Waals surface area contributed by atoms with Crippen molar-refractivity contribution in [2.45, 2.75) is 20.0 Å². The maximum atomic E-state index is 13.3. The van der Waals surface area contributed by atoms with Crippen molar-refractivity contribution >= 4 is 34.8 Å². The molecule has 1 fully saturated rings. The van der Waals surface area contributed by atoms with E-state index in [9.17, 15) is 9.90 Å². The number of nitrogens with zero attached hydrogens (tertiary/aromatic N) is 4. The number of piperazine rings is 1. The molecule has 5 rings (SSSR count). The Morgan fingerprint density at radius 3 is 2.35 bits per heavy atom. The maximum absolute atomic E-state index is 13.3. The van der Waals surface area contributed by atoms with E-state index < -0.39 is 6.10 Å². The Morgan fingerprint density at radius 2 is 1.65 bits per heavy atom. The van der Waals surface area contributed by atoms with E-state index >= 15 is 0 Å². The number of amides is 1. The smallest absolute Gasteiger partial charge is 0.271 e. The molecule has 208 valence electrons. The Morgan fingerprint density at radius 1 is 0.950 bits per heavy atom. The summed E-state index contributed by atoms with van der Waals surface area (Å²) in [5, 5.41) is 14.7.